The molecule has 0 radical (unpaired) electrons. The SMILES string of the molecule is COCOc1ccc2c(c1)C[C@@H](CCCCCN(C)CCOCCOCCOCCC(=O)OC(C)(C)C)[C@@H]1[C@@H]2CC[C@]2(C)[C@@H](OCOC)CC[C@@H]12.O=CO. The average Bonchev–Trinajstić information content (AvgIpc) is 3.46. The molecule has 12 heteroatoms. The Morgan fingerprint density at radius 3 is 2.30 bits per heavy atom. The van der Waals surface area contributed by atoms with E-state index in [1.807, 2.05) is 20.8 Å². The number of methoxy groups -OCH3 is 2. The molecule has 0 saturated heterocycles. The van der Waals surface area contributed by atoms with E-state index in [2.05, 4.69) is 37.1 Å². The lowest BCUT2D eigenvalue weighted by Gasteiger charge is -2.53. The summed E-state index contributed by atoms with van der Waals surface area (Å²) in [6, 6.07) is 6.79. The molecular formula is C42H71NO11. The maximum atomic E-state index is 11.7. The smallest absolute Gasteiger partial charge is 0.308 e. The fourth-order valence-corrected chi connectivity index (χ4v) is 9.03. The van der Waals surface area contributed by atoms with Crippen LogP contribution in [0.4, 0.5) is 0 Å². The number of nitrogens with zero attached hydrogens (tertiary/aromatic N) is 1. The van der Waals surface area contributed by atoms with Crippen molar-refractivity contribution in [2.45, 2.75) is 110 Å². The first kappa shape index (κ1) is 46.1. The third-order valence-electron chi connectivity index (χ3n) is 11.4. The van der Waals surface area contributed by atoms with E-state index in [-0.39, 0.29) is 31.1 Å². The standard InChI is InChI=1S/C41H69NO9.CH2O2/c1-40(2,3)51-38(43)17-21-46-23-25-48-26-24-47-22-20-42(5)19-10-8-9-11-31-27-32-28-33(49-29-44-6)12-13-34(32)35-16-18-41(4)36(39(31)35)14-15-37(41)50-30-45-7;2-1-3/h12-13,28,31,35-37,39H,8-11,14-27,29-30H2,1-7H3;1H,(H,2,3)/t31-,35-,36+,37+,39-,41+;/m1./s1. The summed E-state index contributed by atoms with van der Waals surface area (Å²) in [4.78, 5) is 22.4. The number of ether oxygens (including phenoxy) is 8. The molecule has 0 amide bonds. The molecule has 12 nitrogen and oxygen atoms in total. The Labute approximate surface area is 324 Å². The lowest BCUT2D eigenvalue weighted by atomic mass is 9.52. The second-order valence-corrected chi connectivity index (χ2v) is 16.3. The molecule has 0 bridgehead atoms. The first-order valence-corrected chi connectivity index (χ1v) is 20.0. The predicted octanol–water partition coefficient (Wildman–Crippen LogP) is 6.72. The summed E-state index contributed by atoms with van der Waals surface area (Å²) in [5.74, 6) is 3.38. The van der Waals surface area contributed by atoms with Gasteiger partial charge >= 0.3 is 5.97 Å². The van der Waals surface area contributed by atoms with E-state index in [4.69, 9.17) is 47.8 Å². The summed E-state index contributed by atoms with van der Waals surface area (Å²) in [5.41, 5.74) is 2.81. The van der Waals surface area contributed by atoms with E-state index in [0.717, 1.165) is 31.7 Å². The van der Waals surface area contributed by atoms with E-state index < -0.39 is 5.60 Å². The molecule has 0 spiro atoms. The lowest BCUT2D eigenvalue weighted by Crippen LogP contribution is -2.47. The van der Waals surface area contributed by atoms with Crippen LogP contribution in [0, 0.1) is 23.2 Å². The Hall–Kier alpha value is -2.32. The second kappa shape index (κ2) is 24.3. The van der Waals surface area contributed by atoms with Gasteiger partial charge in [0, 0.05) is 20.8 Å². The van der Waals surface area contributed by atoms with Gasteiger partial charge in [-0.25, -0.2) is 0 Å². The number of hydrogen-bond acceptors (Lipinski definition) is 11. The summed E-state index contributed by atoms with van der Waals surface area (Å²) in [6.45, 7) is 13.6. The quantitative estimate of drug-likeness (QED) is 0.0519. The number of unbranched alkanes of at least 4 members (excludes halogenated alkanes) is 2. The van der Waals surface area contributed by atoms with Crippen LogP contribution >= 0.6 is 0 Å². The normalized spacial score (nSPS) is 24.6. The largest absolute Gasteiger partial charge is 0.483 e. The molecule has 2 fully saturated rings. The Morgan fingerprint density at radius 2 is 1.61 bits per heavy atom. The van der Waals surface area contributed by atoms with Gasteiger partial charge in [0.25, 0.3) is 6.47 Å². The van der Waals surface area contributed by atoms with Gasteiger partial charge in [-0.05, 0) is 132 Å². The van der Waals surface area contributed by atoms with E-state index in [9.17, 15) is 4.79 Å². The number of carbonyl (C=O) groups is 2. The van der Waals surface area contributed by atoms with Gasteiger partial charge in [-0.2, -0.15) is 0 Å². The molecule has 2 saturated carbocycles. The van der Waals surface area contributed by atoms with Gasteiger partial charge < -0.3 is 47.9 Å². The van der Waals surface area contributed by atoms with Crippen LogP contribution in [0.1, 0.15) is 103 Å². The molecule has 0 heterocycles. The second-order valence-electron chi connectivity index (χ2n) is 16.3. The van der Waals surface area contributed by atoms with Gasteiger partial charge in [0.05, 0.1) is 52.2 Å². The maximum Gasteiger partial charge on any atom is 0.308 e. The van der Waals surface area contributed by atoms with Crippen molar-refractivity contribution < 1.29 is 52.6 Å². The Bertz CT molecular complexity index is 1210. The molecule has 0 aromatic heterocycles. The predicted molar refractivity (Wildman–Crippen MR) is 207 cm³/mol. The monoisotopic (exact) mass is 766 g/mol. The van der Waals surface area contributed by atoms with Crippen molar-refractivity contribution in [2.75, 3.05) is 87.6 Å². The highest BCUT2D eigenvalue weighted by atomic mass is 16.7. The van der Waals surface area contributed by atoms with Gasteiger partial charge in [-0.1, -0.05) is 25.8 Å². The average molecular weight is 766 g/mol. The van der Waals surface area contributed by atoms with E-state index in [1.54, 1.807) is 19.8 Å². The van der Waals surface area contributed by atoms with Gasteiger partial charge in [-0.3, -0.25) is 9.59 Å². The Kier molecular flexibility index (Phi) is 20.8. The molecule has 3 aliphatic rings. The molecule has 1 aromatic carbocycles. The molecule has 6 atom stereocenters. The Balaban J connectivity index is 0.00000253. The Morgan fingerprint density at radius 1 is 0.926 bits per heavy atom. The molecule has 0 unspecified atom stereocenters. The number of fused-ring (bicyclic) bond motifs is 5. The highest BCUT2D eigenvalue weighted by Crippen LogP contribution is 2.63. The summed E-state index contributed by atoms with van der Waals surface area (Å²) in [7, 11) is 5.59. The molecular weight excluding hydrogens is 694 g/mol. The highest BCUT2D eigenvalue weighted by Gasteiger charge is 2.57. The van der Waals surface area contributed by atoms with Crippen molar-refractivity contribution in [1.29, 1.82) is 0 Å². The van der Waals surface area contributed by atoms with Crippen molar-refractivity contribution in [2.24, 2.45) is 23.2 Å². The summed E-state index contributed by atoms with van der Waals surface area (Å²) < 4.78 is 44.8. The van der Waals surface area contributed by atoms with E-state index in [1.165, 1.54) is 50.5 Å². The number of likely N-dealkylation sites (N-methyl/N-ethyl adjacent to an activating group) is 1. The van der Waals surface area contributed by atoms with Crippen molar-refractivity contribution in [1.82, 2.24) is 4.90 Å². The van der Waals surface area contributed by atoms with Crippen LogP contribution in [-0.2, 0) is 49.2 Å². The van der Waals surface area contributed by atoms with Crippen molar-refractivity contribution in [3.63, 3.8) is 0 Å². The molecule has 4 rings (SSSR count). The van der Waals surface area contributed by atoms with Crippen LogP contribution in [0.2, 0.25) is 0 Å². The summed E-state index contributed by atoms with van der Waals surface area (Å²) in [6.07, 6.45) is 11.5. The van der Waals surface area contributed by atoms with Gasteiger partial charge in [-0.15, -0.1) is 0 Å². The first-order chi connectivity index (χ1) is 26.0. The fourth-order valence-electron chi connectivity index (χ4n) is 9.03. The number of rotatable bonds is 24. The van der Waals surface area contributed by atoms with Crippen LogP contribution in [0.3, 0.4) is 0 Å². The lowest BCUT2D eigenvalue weighted by molar-refractivity contribution is -0.156. The first-order valence-electron chi connectivity index (χ1n) is 20.0. The minimum Gasteiger partial charge on any atom is -0.483 e. The highest BCUT2D eigenvalue weighted by molar-refractivity contribution is 5.69. The summed E-state index contributed by atoms with van der Waals surface area (Å²) >= 11 is 0. The van der Waals surface area contributed by atoms with Crippen LogP contribution in [0.5, 0.6) is 5.75 Å². The minimum atomic E-state index is -0.464. The molecule has 1 aromatic rings. The fraction of sp³-hybridized carbons (Fsp3) is 0.810. The van der Waals surface area contributed by atoms with Gasteiger partial charge in [0.2, 0.25) is 0 Å². The van der Waals surface area contributed by atoms with Crippen LogP contribution < -0.4 is 4.74 Å². The number of hydrogen-bond donors (Lipinski definition) is 1. The van der Waals surface area contributed by atoms with E-state index in [0.29, 0.717) is 76.2 Å². The van der Waals surface area contributed by atoms with E-state index >= 15 is 0 Å². The van der Waals surface area contributed by atoms with Gasteiger partial charge in [0.15, 0.2) is 6.79 Å². The zero-order valence-corrected chi connectivity index (χ0v) is 34.3. The molecule has 54 heavy (non-hydrogen) atoms. The minimum absolute atomic E-state index is 0.229. The molecule has 1 N–H and O–H groups in total. The molecule has 3 aliphatic carbocycles. The number of carboxylic acid groups (broad SMARTS) is 1. The van der Waals surface area contributed by atoms with Crippen molar-refractivity contribution >= 4 is 12.4 Å². The van der Waals surface area contributed by atoms with Crippen molar-refractivity contribution in [3.05, 3.63) is 29.3 Å². The number of esters is 1. The van der Waals surface area contributed by atoms with Crippen LogP contribution in [-0.4, -0.2) is 122 Å². The van der Waals surface area contributed by atoms with Crippen LogP contribution in [0.25, 0.3) is 0 Å². The number of benzene rings is 1. The number of carbonyl (C=O) groups excluding carboxylic acids is 1. The van der Waals surface area contributed by atoms with Crippen LogP contribution in [0.15, 0.2) is 18.2 Å². The summed E-state index contributed by atoms with van der Waals surface area (Å²) in [5, 5.41) is 6.89. The zero-order valence-electron chi connectivity index (χ0n) is 34.3. The molecule has 0 aliphatic heterocycles. The topological polar surface area (TPSA) is 131 Å². The van der Waals surface area contributed by atoms with Crippen molar-refractivity contribution in [3.8, 4) is 5.75 Å². The molecule has 310 valence electrons. The maximum absolute atomic E-state index is 11.7. The third-order valence-corrected chi connectivity index (χ3v) is 11.4. The third kappa shape index (κ3) is 15.0. The zero-order chi connectivity index (χ0) is 39.4. The van der Waals surface area contributed by atoms with Gasteiger partial charge in [0.1, 0.15) is 18.1 Å².